The zero-order valence-corrected chi connectivity index (χ0v) is 17.6. The Labute approximate surface area is 172 Å². The van der Waals surface area contributed by atoms with Crippen molar-refractivity contribution in [3.05, 3.63) is 29.8 Å². The van der Waals surface area contributed by atoms with Gasteiger partial charge in [-0.1, -0.05) is 24.1 Å². The molecule has 8 heteroatoms. The molecule has 0 spiro atoms. The average molecular weight is 421 g/mol. The maximum Gasteiger partial charge on any atom is 0.244 e. The third kappa shape index (κ3) is 3.85. The minimum absolute atomic E-state index is 0.0916. The number of aryl methyl sites for hydroxylation is 1. The summed E-state index contributed by atoms with van der Waals surface area (Å²) < 4.78 is 34.0. The summed E-state index contributed by atoms with van der Waals surface area (Å²) >= 11 is 0. The fourth-order valence-electron chi connectivity index (χ4n) is 4.80. The molecular weight excluding hydrogens is 392 g/mol. The molecule has 2 saturated heterocycles. The van der Waals surface area contributed by atoms with Crippen molar-refractivity contribution >= 4 is 21.7 Å². The predicted octanol–water partition coefficient (Wildman–Crippen LogP) is 1.74. The number of Topliss-reactive ketones (excluding diaryl/α,β-unsaturated/α-hetero) is 1. The lowest BCUT2D eigenvalue weighted by molar-refractivity contribution is -0.139. The van der Waals surface area contributed by atoms with Crippen molar-refractivity contribution in [3.8, 4) is 0 Å². The molecule has 0 bridgehead atoms. The summed E-state index contributed by atoms with van der Waals surface area (Å²) in [5.74, 6) is -0.508. The Morgan fingerprint density at radius 3 is 2.48 bits per heavy atom. The Kier molecular flexibility index (Phi) is 5.77. The van der Waals surface area contributed by atoms with Gasteiger partial charge < -0.3 is 9.64 Å². The topological polar surface area (TPSA) is 84.0 Å². The van der Waals surface area contributed by atoms with Gasteiger partial charge in [-0.25, -0.2) is 8.42 Å². The molecule has 2 heterocycles. The van der Waals surface area contributed by atoms with E-state index >= 15 is 0 Å². The third-order valence-corrected chi connectivity index (χ3v) is 8.31. The fourth-order valence-corrected chi connectivity index (χ4v) is 6.65. The molecule has 0 N–H and O–H groups in total. The van der Waals surface area contributed by atoms with Crippen molar-refractivity contribution in [3.63, 3.8) is 0 Å². The summed E-state index contributed by atoms with van der Waals surface area (Å²) in [6.45, 7) is 3.72. The van der Waals surface area contributed by atoms with Gasteiger partial charge in [-0.3, -0.25) is 9.59 Å². The van der Waals surface area contributed by atoms with Gasteiger partial charge in [-0.15, -0.1) is 0 Å². The van der Waals surface area contributed by atoms with E-state index in [1.807, 2.05) is 6.92 Å². The number of ether oxygens (including phenoxy) is 1. The minimum Gasteiger partial charge on any atom is -0.378 e. The third-order valence-electron chi connectivity index (χ3n) is 6.37. The van der Waals surface area contributed by atoms with Crippen molar-refractivity contribution < 1.29 is 22.7 Å². The molecular formula is C21H28N2O5S. The van der Waals surface area contributed by atoms with Crippen LogP contribution in [0, 0.1) is 12.8 Å². The first-order valence-electron chi connectivity index (χ1n) is 10.4. The Morgan fingerprint density at radius 2 is 1.79 bits per heavy atom. The van der Waals surface area contributed by atoms with Crippen molar-refractivity contribution in [1.29, 1.82) is 0 Å². The van der Waals surface area contributed by atoms with E-state index in [9.17, 15) is 18.0 Å². The van der Waals surface area contributed by atoms with E-state index in [1.165, 1.54) is 4.31 Å². The molecule has 1 saturated carbocycles. The second-order valence-electron chi connectivity index (χ2n) is 8.22. The van der Waals surface area contributed by atoms with Crippen LogP contribution >= 0.6 is 0 Å². The Hall–Kier alpha value is -1.77. The van der Waals surface area contributed by atoms with E-state index in [1.54, 1.807) is 29.2 Å². The lowest BCUT2D eigenvalue weighted by Crippen LogP contribution is -2.52. The van der Waals surface area contributed by atoms with Gasteiger partial charge >= 0.3 is 0 Å². The van der Waals surface area contributed by atoms with E-state index in [0.717, 1.165) is 18.4 Å². The van der Waals surface area contributed by atoms with Crippen molar-refractivity contribution in [1.82, 2.24) is 9.21 Å². The molecule has 4 rings (SSSR count). The SMILES string of the molecule is Cc1ccc(S(=O)(=O)N2[C@H](C(=O)N3CCOCC3)C[C@@H]3C(=O)CCCC[C@@H]32)cc1. The number of fused-ring (bicyclic) bond motifs is 1. The summed E-state index contributed by atoms with van der Waals surface area (Å²) in [5.41, 5.74) is 0.967. The number of nitrogens with zero attached hydrogens (tertiary/aromatic N) is 2. The molecule has 0 radical (unpaired) electrons. The van der Waals surface area contributed by atoms with Crippen LogP contribution in [0.3, 0.4) is 0 Å². The van der Waals surface area contributed by atoms with Crippen LogP contribution in [0.25, 0.3) is 0 Å². The number of carbonyl (C=O) groups is 2. The van der Waals surface area contributed by atoms with Gasteiger partial charge in [0.25, 0.3) is 0 Å². The average Bonchev–Trinajstić information content (AvgIpc) is 3.03. The van der Waals surface area contributed by atoms with Gasteiger partial charge in [-0.05, 0) is 38.3 Å². The molecule has 1 aliphatic carbocycles. The smallest absolute Gasteiger partial charge is 0.244 e. The van der Waals surface area contributed by atoms with E-state index in [-0.39, 0.29) is 23.0 Å². The highest BCUT2D eigenvalue weighted by atomic mass is 32.2. The van der Waals surface area contributed by atoms with Crippen LogP contribution < -0.4 is 0 Å². The second-order valence-corrected chi connectivity index (χ2v) is 10.1. The van der Waals surface area contributed by atoms with Crippen LogP contribution in [0.1, 0.15) is 37.7 Å². The number of rotatable bonds is 3. The first-order chi connectivity index (χ1) is 13.9. The monoisotopic (exact) mass is 420 g/mol. The van der Waals surface area contributed by atoms with Gasteiger partial charge in [-0.2, -0.15) is 4.31 Å². The molecule has 1 amide bonds. The van der Waals surface area contributed by atoms with E-state index in [2.05, 4.69) is 0 Å². The maximum absolute atomic E-state index is 13.6. The first kappa shape index (κ1) is 20.5. The van der Waals surface area contributed by atoms with Crippen LogP contribution in [0.15, 0.2) is 29.2 Å². The number of hydrogen-bond acceptors (Lipinski definition) is 5. The molecule has 7 nitrogen and oxygen atoms in total. The number of benzene rings is 1. The van der Waals surface area contributed by atoms with Crippen LogP contribution in [-0.4, -0.2) is 67.7 Å². The minimum atomic E-state index is -3.90. The molecule has 2 aliphatic heterocycles. The highest BCUT2D eigenvalue weighted by Gasteiger charge is 2.53. The van der Waals surface area contributed by atoms with Crippen molar-refractivity contribution in [2.45, 2.75) is 56.0 Å². The number of morpholine rings is 1. The highest BCUT2D eigenvalue weighted by molar-refractivity contribution is 7.89. The quantitative estimate of drug-likeness (QED) is 0.744. The lowest BCUT2D eigenvalue weighted by Gasteiger charge is -2.34. The Balaban J connectivity index is 1.73. The number of amides is 1. The molecule has 0 unspecified atom stereocenters. The van der Waals surface area contributed by atoms with Crippen molar-refractivity contribution in [2.24, 2.45) is 5.92 Å². The highest BCUT2D eigenvalue weighted by Crippen LogP contribution is 2.41. The normalized spacial score (nSPS) is 28.8. The summed E-state index contributed by atoms with van der Waals surface area (Å²) in [6, 6.07) is 5.44. The summed E-state index contributed by atoms with van der Waals surface area (Å²) in [6.07, 6.45) is 2.95. The van der Waals surface area contributed by atoms with Crippen LogP contribution in [0.5, 0.6) is 0 Å². The maximum atomic E-state index is 13.6. The number of hydrogen-bond donors (Lipinski definition) is 0. The van der Waals surface area contributed by atoms with Crippen LogP contribution in [-0.2, 0) is 24.3 Å². The molecule has 3 aliphatic rings. The molecule has 0 aromatic heterocycles. The zero-order valence-electron chi connectivity index (χ0n) is 16.7. The summed E-state index contributed by atoms with van der Waals surface area (Å²) in [5, 5.41) is 0. The zero-order chi connectivity index (χ0) is 20.6. The number of carbonyl (C=O) groups excluding carboxylic acids is 2. The van der Waals surface area contributed by atoms with E-state index in [4.69, 9.17) is 4.74 Å². The summed E-state index contributed by atoms with van der Waals surface area (Å²) in [7, 11) is -3.90. The standard InChI is InChI=1S/C21H28N2O5S/c1-15-6-8-16(9-7-15)29(26,27)23-18-4-2-3-5-20(24)17(18)14-19(23)21(25)22-10-12-28-13-11-22/h6-9,17-19H,2-5,10-14H2,1H3/t17-,18-,19-/m0/s1. The first-order valence-corrected chi connectivity index (χ1v) is 11.8. The second kappa shape index (κ2) is 8.16. The molecule has 3 atom stereocenters. The molecule has 1 aromatic carbocycles. The lowest BCUT2D eigenvalue weighted by atomic mass is 9.93. The predicted molar refractivity (Wildman–Crippen MR) is 107 cm³/mol. The van der Waals surface area contributed by atoms with Crippen LogP contribution in [0.2, 0.25) is 0 Å². The van der Waals surface area contributed by atoms with E-state index < -0.39 is 28.0 Å². The number of sulfonamides is 1. The molecule has 1 aromatic rings. The largest absolute Gasteiger partial charge is 0.378 e. The number of ketones is 1. The van der Waals surface area contributed by atoms with Crippen LogP contribution in [0.4, 0.5) is 0 Å². The molecule has 29 heavy (non-hydrogen) atoms. The molecule has 158 valence electrons. The van der Waals surface area contributed by atoms with Gasteiger partial charge in [0.1, 0.15) is 11.8 Å². The van der Waals surface area contributed by atoms with Crippen molar-refractivity contribution in [2.75, 3.05) is 26.3 Å². The Bertz CT molecular complexity index is 877. The van der Waals surface area contributed by atoms with E-state index in [0.29, 0.717) is 39.1 Å². The summed E-state index contributed by atoms with van der Waals surface area (Å²) in [4.78, 5) is 27.9. The van der Waals surface area contributed by atoms with Gasteiger partial charge in [0.15, 0.2) is 0 Å². The molecule has 3 fully saturated rings. The van der Waals surface area contributed by atoms with Gasteiger partial charge in [0.2, 0.25) is 15.9 Å². The van der Waals surface area contributed by atoms with Gasteiger partial charge in [0, 0.05) is 31.5 Å². The van der Waals surface area contributed by atoms with Gasteiger partial charge in [0.05, 0.1) is 18.1 Å². The Morgan fingerprint density at radius 1 is 1.10 bits per heavy atom. The fraction of sp³-hybridized carbons (Fsp3) is 0.619.